The lowest BCUT2D eigenvalue weighted by atomic mass is 9.79. The maximum Gasteiger partial charge on any atom is 0.242 e. The van der Waals surface area contributed by atoms with Gasteiger partial charge in [-0.1, -0.05) is 47.5 Å². The predicted molar refractivity (Wildman–Crippen MR) is 153 cm³/mol. The average molecular weight is 603 g/mol. The molecule has 0 spiro atoms. The van der Waals surface area contributed by atoms with E-state index in [1.807, 2.05) is 16.8 Å². The van der Waals surface area contributed by atoms with E-state index in [2.05, 4.69) is 10.6 Å². The molecule has 3 heterocycles. The number of benzene rings is 2. The van der Waals surface area contributed by atoms with Gasteiger partial charge in [0.25, 0.3) is 0 Å². The van der Waals surface area contributed by atoms with Crippen LogP contribution in [-0.2, 0) is 15.1 Å². The summed E-state index contributed by atoms with van der Waals surface area (Å²) in [4.78, 5) is 32.3. The van der Waals surface area contributed by atoms with Crippen LogP contribution in [0.1, 0.15) is 29.3 Å². The smallest absolute Gasteiger partial charge is 0.242 e. The Hall–Kier alpha value is -2.95. The van der Waals surface area contributed by atoms with Crippen molar-refractivity contribution in [3.05, 3.63) is 110 Å². The molecular formula is C28H22Cl2FN3O3S2. The quantitative estimate of drug-likeness (QED) is 0.207. The molecule has 1 aliphatic heterocycles. The first kappa shape index (κ1) is 27.6. The lowest BCUT2D eigenvalue weighted by Gasteiger charge is -2.39. The van der Waals surface area contributed by atoms with Gasteiger partial charge in [0.1, 0.15) is 22.4 Å². The van der Waals surface area contributed by atoms with Crippen molar-refractivity contribution in [2.45, 2.75) is 28.2 Å². The first-order chi connectivity index (χ1) is 18.8. The Balaban J connectivity index is 1.39. The third-order valence-electron chi connectivity index (χ3n) is 6.39. The number of piperidine rings is 1. The van der Waals surface area contributed by atoms with Crippen LogP contribution in [0.2, 0.25) is 10.0 Å². The molecule has 5 rings (SSSR count). The monoisotopic (exact) mass is 601 g/mol. The average Bonchev–Trinajstić information content (AvgIpc) is 3.48. The maximum atomic E-state index is 13.5. The summed E-state index contributed by atoms with van der Waals surface area (Å²) in [5.41, 5.74) is 0.521. The molecule has 39 heavy (non-hydrogen) atoms. The van der Waals surface area contributed by atoms with Gasteiger partial charge in [-0.25, -0.2) is 9.37 Å². The maximum absolute atomic E-state index is 13.5. The Labute approximate surface area is 242 Å². The molecule has 3 unspecified atom stereocenters. The molecular weight excluding hydrogens is 580 g/mol. The number of Topliss-reactive ketones (excluding diaryl/α,β-unsaturated/α-hetero) is 1. The number of hydrogen-bond donors (Lipinski definition) is 3. The number of amides is 1. The summed E-state index contributed by atoms with van der Waals surface area (Å²) in [7, 11) is 0. The summed E-state index contributed by atoms with van der Waals surface area (Å²) in [6.45, 7) is 0.0751. The number of aromatic nitrogens is 1. The van der Waals surface area contributed by atoms with Gasteiger partial charge in [-0.2, -0.15) is 11.3 Å². The highest BCUT2D eigenvalue weighted by Crippen LogP contribution is 2.41. The number of nitrogens with zero attached hydrogens (tertiary/aromatic N) is 1. The summed E-state index contributed by atoms with van der Waals surface area (Å²) in [6.07, 6.45) is -0.969. The molecule has 0 saturated carbocycles. The van der Waals surface area contributed by atoms with Gasteiger partial charge in [0.15, 0.2) is 5.78 Å². The Kier molecular flexibility index (Phi) is 8.25. The van der Waals surface area contributed by atoms with Gasteiger partial charge in [0.05, 0.1) is 21.8 Å². The van der Waals surface area contributed by atoms with Gasteiger partial charge in [0.2, 0.25) is 5.91 Å². The topological polar surface area (TPSA) is 91.3 Å². The number of pyridine rings is 1. The minimum absolute atomic E-state index is 0.00471. The highest BCUT2D eigenvalue weighted by Gasteiger charge is 2.48. The van der Waals surface area contributed by atoms with E-state index in [0.29, 0.717) is 27.0 Å². The van der Waals surface area contributed by atoms with E-state index in [0.717, 1.165) is 17.3 Å². The Morgan fingerprint density at radius 1 is 1.13 bits per heavy atom. The van der Waals surface area contributed by atoms with Crippen molar-refractivity contribution in [1.82, 2.24) is 10.3 Å². The zero-order valence-corrected chi connectivity index (χ0v) is 23.4. The highest BCUT2D eigenvalue weighted by molar-refractivity contribution is 8.01. The van der Waals surface area contributed by atoms with Crippen LogP contribution in [0, 0.1) is 5.82 Å². The van der Waals surface area contributed by atoms with Crippen molar-refractivity contribution in [3.63, 3.8) is 0 Å². The van der Waals surface area contributed by atoms with Crippen molar-refractivity contribution in [3.8, 4) is 0 Å². The number of nitrogens with one attached hydrogen (secondary N) is 2. The SMILES string of the molecule is O=C1CC(c2ccsc2)(c2cccc(NCC(O)c3ccc(F)c(Cl)c3)n2)NC(=O)C1Sc1ccccc1Cl. The zero-order valence-electron chi connectivity index (χ0n) is 20.2. The molecule has 4 aromatic rings. The van der Waals surface area contributed by atoms with Gasteiger partial charge >= 0.3 is 0 Å². The number of thiophene rings is 1. The Morgan fingerprint density at radius 3 is 2.67 bits per heavy atom. The molecule has 0 bridgehead atoms. The summed E-state index contributed by atoms with van der Waals surface area (Å²) < 4.78 is 13.5. The molecule has 6 nitrogen and oxygen atoms in total. The number of anilines is 1. The number of carbonyl (C=O) groups is 2. The van der Waals surface area contributed by atoms with E-state index in [1.165, 1.54) is 29.5 Å². The largest absolute Gasteiger partial charge is 0.387 e. The van der Waals surface area contributed by atoms with Gasteiger partial charge in [-0.05, 0) is 64.4 Å². The van der Waals surface area contributed by atoms with E-state index in [9.17, 15) is 19.1 Å². The van der Waals surface area contributed by atoms with Gasteiger partial charge in [-0.3, -0.25) is 9.59 Å². The Morgan fingerprint density at radius 2 is 1.95 bits per heavy atom. The fourth-order valence-electron chi connectivity index (χ4n) is 4.40. The van der Waals surface area contributed by atoms with Gasteiger partial charge in [-0.15, -0.1) is 11.8 Å². The van der Waals surface area contributed by atoms with Crippen LogP contribution in [0.4, 0.5) is 10.2 Å². The van der Waals surface area contributed by atoms with Crippen LogP contribution < -0.4 is 10.6 Å². The van der Waals surface area contributed by atoms with E-state index in [1.54, 1.807) is 42.5 Å². The second-order valence-electron chi connectivity index (χ2n) is 8.96. The number of carbonyl (C=O) groups excluding carboxylic acids is 2. The predicted octanol–water partition coefficient (Wildman–Crippen LogP) is 6.23. The van der Waals surface area contributed by atoms with E-state index in [-0.39, 0.29) is 23.8 Å². The second-order valence-corrected chi connectivity index (χ2v) is 11.7. The molecule has 2 aromatic carbocycles. The van der Waals surface area contributed by atoms with Crippen LogP contribution in [0.15, 0.2) is 82.4 Å². The molecule has 11 heteroatoms. The first-order valence-electron chi connectivity index (χ1n) is 11.9. The third-order valence-corrected chi connectivity index (χ3v) is 9.13. The van der Waals surface area contributed by atoms with Crippen LogP contribution >= 0.6 is 46.3 Å². The lowest BCUT2D eigenvalue weighted by molar-refractivity contribution is -0.133. The lowest BCUT2D eigenvalue weighted by Crippen LogP contribution is -2.58. The molecule has 1 saturated heterocycles. The molecule has 2 aromatic heterocycles. The summed E-state index contributed by atoms with van der Waals surface area (Å²) >= 11 is 14.7. The number of rotatable bonds is 8. The zero-order chi connectivity index (χ0) is 27.6. The third kappa shape index (κ3) is 5.83. The van der Waals surface area contributed by atoms with Crippen LogP contribution in [0.25, 0.3) is 0 Å². The summed E-state index contributed by atoms with van der Waals surface area (Å²) in [5, 5.41) is 20.0. The van der Waals surface area contributed by atoms with Gasteiger partial charge in [0, 0.05) is 17.9 Å². The van der Waals surface area contributed by atoms with Gasteiger partial charge < -0.3 is 15.7 Å². The van der Waals surface area contributed by atoms with Crippen molar-refractivity contribution in [2.75, 3.05) is 11.9 Å². The van der Waals surface area contributed by atoms with Crippen molar-refractivity contribution >= 4 is 63.8 Å². The molecule has 0 radical (unpaired) electrons. The molecule has 3 N–H and O–H groups in total. The van der Waals surface area contributed by atoms with Crippen LogP contribution in [0.5, 0.6) is 0 Å². The fraction of sp³-hybridized carbons (Fsp3) is 0.179. The number of thioether (sulfide) groups is 1. The number of aliphatic hydroxyl groups excluding tert-OH is 1. The Bertz CT molecular complexity index is 1500. The summed E-state index contributed by atoms with van der Waals surface area (Å²) in [5.74, 6) is -0.793. The first-order valence-corrected chi connectivity index (χ1v) is 14.5. The molecule has 0 aliphatic carbocycles. The normalized spacial score (nSPS) is 19.9. The molecule has 1 amide bonds. The van der Waals surface area contributed by atoms with E-state index >= 15 is 0 Å². The van der Waals surface area contributed by atoms with E-state index < -0.39 is 28.6 Å². The number of hydrogen-bond acceptors (Lipinski definition) is 7. The molecule has 1 fully saturated rings. The van der Waals surface area contributed by atoms with Crippen LogP contribution in [-0.4, -0.2) is 33.6 Å². The van der Waals surface area contributed by atoms with Crippen LogP contribution in [0.3, 0.4) is 0 Å². The van der Waals surface area contributed by atoms with E-state index in [4.69, 9.17) is 28.2 Å². The highest BCUT2D eigenvalue weighted by atomic mass is 35.5. The number of aliphatic hydroxyl groups is 1. The van der Waals surface area contributed by atoms with Crippen molar-refractivity contribution < 1.29 is 19.1 Å². The van der Waals surface area contributed by atoms with Crippen molar-refractivity contribution in [2.24, 2.45) is 0 Å². The van der Waals surface area contributed by atoms with Crippen molar-refractivity contribution in [1.29, 1.82) is 0 Å². The molecule has 1 aliphatic rings. The minimum Gasteiger partial charge on any atom is -0.387 e. The standard InChI is InChI=1S/C28H22Cl2FN3O3S2/c29-18-4-1-2-5-23(18)39-26-21(35)13-28(34-27(26)37,17-10-11-38-15-17)24-6-3-7-25(33-24)32-14-22(36)16-8-9-20(31)19(30)12-16/h1-12,15,22,26,36H,13-14H2,(H,32,33)(H,34,37). The molecule has 3 atom stereocenters. The minimum atomic E-state index is -1.16. The molecule has 200 valence electrons. The second kappa shape index (κ2) is 11.7. The fourth-order valence-corrected chi connectivity index (χ4v) is 6.56. The number of halogens is 3. The summed E-state index contributed by atoms with van der Waals surface area (Å²) in [6, 6.07) is 18.2. The number of ketones is 1.